The number of guanidine groups is 1. The molecule has 0 spiro atoms. The highest BCUT2D eigenvalue weighted by Gasteiger charge is 2.27. The molecule has 2 fully saturated rings. The molecule has 2 aliphatic rings. The summed E-state index contributed by atoms with van der Waals surface area (Å²) in [7, 11) is 3.76. The summed E-state index contributed by atoms with van der Waals surface area (Å²) in [6.07, 6.45) is 5.64. The lowest BCUT2D eigenvalue weighted by atomic mass is 10.0. The van der Waals surface area contributed by atoms with E-state index in [4.69, 9.17) is 0 Å². The van der Waals surface area contributed by atoms with E-state index in [0.29, 0.717) is 18.9 Å². The average Bonchev–Trinajstić information content (AvgIpc) is 3.46. The second-order valence-electron chi connectivity index (χ2n) is 8.31. The minimum atomic E-state index is 0.213. The summed E-state index contributed by atoms with van der Waals surface area (Å²) in [5.74, 6) is 1.58. The Balaban J connectivity index is 1.19. The van der Waals surface area contributed by atoms with Crippen LogP contribution < -0.4 is 10.2 Å². The molecule has 1 aromatic heterocycles. The minimum Gasteiger partial charge on any atom is -0.368 e. The Morgan fingerprint density at radius 2 is 1.90 bits per heavy atom. The largest absolute Gasteiger partial charge is 0.368 e. The second kappa shape index (κ2) is 9.85. The second-order valence-corrected chi connectivity index (χ2v) is 8.31. The molecule has 1 amide bonds. The van der Waals surface area contributed by atoms with E-state index in [-0.39, 0.29) is 5.91 Å². The lowest BCUT2D eigenvalue weighted by Gasteiger charge is -2.36. The number of carbonyl (C=O) groups excluding carboxylic acids is 1. The molecule has 8 nitrogen and oxygen atoms in total. The molecule has 2 saturated heterocycles. The molecule has 1 N–H and O–H groups in total. The highest BCUT2D eigenvalue weighted by molar-refractivity contribution is 5.81. The predicted molar refractivity (Wildman–Crippen MR) is 123 cm³/mol. The van der Waals surface area contributed by atoms with Crippen LogP contribution >= 0.6 is 0 Å². The monoisotopic (exact) mass is 423 g/mol. The first kappa shape index (κ1) is 21.2. The number of carbonyl (C=O) groups is 1. The topological polar surface area (TPSA) is 69.0 Å². The summed E-state index contributed by atoms with van der Waals surface area (Å²) >= 11 is 0. The number of likely N-dealkylation sites (tertiary alicyclic amines) is 1. The third-order valence-electron chi connectivity index (χ3n) is 6.27. The first-order valence-corrected chi connectivity index (χ1v) is 11.2. The number of amides is 1. The molecule has 1 unspecified atom stereocenters. The van der Waals surface area contributed by atoms with Crippen LogP contribution in [-0.4, -0.2) is 84.3 Å². The maximum Gasteiger partial charge on any atom is 0.224 e. The van der Waals surface area contributed by atoms with Crippen molar-refractivity contribution < 1.29 is 4.79 Å². The molecule has 3 heterocycles. The van der Waals surface area contributed by atoms with Gasteiger partial charge in [-0.15, -0.1) is 0 Å². The van der Waals surface area contributed by atoms with Crippen LogP contribution in [0.2, 0.25) is 0 Å². The van der Waals surface area contributed by atoms with E-state index in [1.165, 1.54) is 11.3 Å². The number of rotatable bonds is 5. The van der Waals surface area contributed by atoms with Crippen molar-refractivity contribution in [1.29, 1.82) is 0 Å². The van der Waals surface area contributed by atoms with Gasteiger partial charge in [-0.2, -0.15) is 5.10 Å². The van der Waals surface area contributed by atoms with Crippen LogP contribution in [0.15, 0.2) is 47.7 Å². The van der Waals surface area contributed by atoms with Gasteiger partial charge < -0.3 is 20.0 Å². The van der Waals surface area contributed by atoms with Crippen LogP contribution in [0.5, 0.6) is 0 Å². The number of hydrogen-bond donors (Lipinski definition) is 1. The maximum atomic E-state index is 12.7. The number of aryl methyl sites for hydroxylation is 1. The van der Waals surface area contributed by atoms with Gasteiger partial charge in [0.1, 0.15) is 0 Å². The van der Waals surface area contributed by atoms with Gasteiger partial charge in [-0.25, -0.2) is 0 Å². The van der Waals surface area contributed by atoms with E-state index in [0.717, 1.165) is 51.6 Å². The number of aliphatic imine (C=N–C) groups is 1. The van der Waals surface area contributed by atoms with Gasteiger partial charge in [-0.1, -0.05) is 18.2 Å². The molecule has 1 aromatic carbocycles. The Morgan fingerprint density at radius 1 is 1.13 bits per heavy atom. The van der Waals surface area contributed by atoms with Crippen LogP contribution in [0.3, 0.4) is 0 Å². The molecule has 166 valence electrons. The normalized spacial score (nSPS) is 19.7. The van der Waals surface area contributed by atoms with Gasteiger partial charge in [0.2, 0.25) is 5.91 Å². The molecule has 0 saturated carbocycles. The third-order valence-corrected chi connectivity index (χ3v) is 6.27. The quantitative estimate of drug-likeness (QED) is 0.583. The van der Waals surface area contributed by atoms with Crippen molar-refractivity contribution in [2.45, 2.75) is 18.8 Å². The van der Waals surface area contributed by atoms with Crippen LogP contribution in [0.4, 0.5) is 5.69 Å². The molecule has 0 bridgehead atoms. The fourth-order valence-corrected chi connectivity index (χ4v) is 4.50. The van der Waals surface area contributed by atoms with Crippen molar-refractivity contribution in [2.24, 2.45) is 12.0 Å². The van der Waals surface area contributed by atoms with Crippen LogP contribution in [0, 0.1) is 0 Å². The summed E-state index contributed by atoms with van der Waals surface area (Å²) in [4.78, 5) is 23.7. The van der Waals surface area contributed by atoms with Crippen molar-refractivity contribution in [3.05, 3.63) is 48.3 Å². The highest BCUT2D eigenvalue weighted by atomic mass is 16.2. The average molecular weight is 424 g/mol. The zero-order valence-corrected chi connectivity index (χ0v) is 18.6. The molecule has 4 rings (SSSR count). The lowest BCUT2D eigenvalue weighted by molar-refractivity contribution is -0.131. The molecule has 1 atom stereocenters. The van der Waals surface area contributed by atoms with Crippen LogP contribution in [-0.2, 0) is 11.8 Å². The van der Waals surface area contributed by atoms with Crippen LogP contribution in [0.25, 0.3) is 0 Å². The standard InChI is InChI=1S/C23H33N7O/c1-24-23(30-11-9-19(18-30)20-16-26-27(2)17-20)25-10-8-22(31)29-14-12-28(13-15-29)21-6-4-3-5-7-21/h3-7,16-17,19H,8-15,18H2,1-2H3,(H,24,25). The predicted octanol–water partition coefficient (Wildman–Crippen LogP) is 1.52. The number of para-hydroxylation sites is 1. The SMILES string of the molecule is CN=C(NCCC(=O)N1CCN(c2ccccc2)CC1)N1CCC(c2cnn(C)c2)C1. The van der Waals surface area contributed by atoms with Gasteiger partial charge >= 0.3 is 0 Å². The van der Waals surface area contributed by atoms with E-state index < -0.39 is 0 Å². The molecule has 31 heavy (non-hydrogen) atoms. The van der Waals surface area contributed by atoms with Crippen molar-refractivity contribution >= 4 is 17.6 Å². The zero-order valence-electron chi connectivity index (χ0n) is 18.6. The Hall–Kier alpha value is -3.03. The van der Waals surface area contributed by atoms with Gasteiger partial charge in [-0.3, -0.25) is 14.5 Å². The van der Waals surface area contributed by atoms with E-state index in [2.05, 4.69) is 55.7 Å². The third kappa shape index (κ3) is 5.18. The molecule has 2 aromatic rings. The first-order valence-electron chi connectivity index (χ1n) is 11.2. The van der Waals surface area contributed by atoms with Crippen molar-refractivity contribution in [2.75, 3.05) is 57.8 Å². The number of hydrogen-bond acceptors (Lipinski definition) is 4. The molecule has 2 aliphatic heterocycles. The molecular weight excluding hydrogens is 390 g/mol. The fourth-order valence-electron chi connectivity index (χ4n) is 4.50. The molecule has 8 heteroatoms. The molecule has 0 radical (unpaired) electrons. The number of nitrogens with one attached hydrogen (secondary N) is 1. The van der Waals surface area contributed by atoms with Crippen molar-refractivity contribution in [1.82, 2.24) is 24.9 Å². The van der Waals surface area contributed by atoms with E-state index >= 15 is 0 Å². The van der Waals surface area contributed by atoms with Gasteiger partial charge in [-0.05, 0) is 24.1 Å². The van der Waals surface area contributed by atoms with Gasteiger partial charge in [0.15, 0.2) is 5.96 Å². The zero-order chi connectivity index (χ0) is 21.6. The minimum absolute atomic E-state index is 0.213. The van der Waals surface area contributed by atoms with Crippen molar-refractivity contribution in [3.63, 3.8) is 0 Å². The van der Waals surface area contributed by atoms with Gasteiger partial charge in [0, 0.05) is 84.1 Å². The van der Waals surface area contributed by atoms with Gasteiger partial charge in [0.05, 0.1) is 6.20 Å². The number of piperazine rings is 1. The Morgan fingerprint density at radius 3 is 2.58 bits per heavy atom. The Kier molecular flexibility index (Phi) is 6.74. The Bertz CT molecular complexity index is 886. The number of anilines is 1. The van der Waals surface area contributed by atoms with Crippen LogP contribution in [0.1, 0.15) is 24.3 Å². The van der Waals surface area contributed by atoms with E-state index in [1.807, 2.05) is 35.9 Å². The Labute approximate surface area is 184 Å². The summed E-state index contributed by atoms with van der Waals surface area (Å²) in [6, 6.07) is 10.4. The molecular formula is C23H33N7O. The van der Waals surface area contributed by atoms with Gasteiger partial charge in [0.25, 0.3) is 0 Å². The number of benzene rings is 1. The maximum absolute atomic E-state index is 12.7. The lowest BCUT2D eigenvalue weighted by Crippen LogP contribution is -2.49. The summed E-state index contributed by atoms with van der Waals surface area (Å²) in [6.45, 7) is 5.83. The van der Waals surface area contributed by atoms with Crippen molar-refractivity contribution in [3.8, 4) is 0 Å². The number of nitrogens with zero attached hydrogens (tertiary/aromatic N) is 6. The van der Waals surface area contributed by atoms with E-state index in [9.17, 15) is 4.79 Å². The highest BCUT2D eigenvalue weighted by Crippen LogP contribution is 2.26. The summed E-state index contributed by atoms with van der Waals surface area (Å²) in [5, 5.41) is 7.68. The molecule has 0 aliphatic carbocycles. The first-order chi connectivity index (χ1) is 15.1. The smallest absolute Gasteiger partial charge is 0.224 e. The number of aromatic nitrogens is 2. The summed E-state index contributed by atoms with van der Waals surface area (Å²) < 4.78 is 1.86. The van der Waals surface area contributed by atoms with E-state index in [1.54, 1.807) is 0 Å². The fraction of sp³-hybridized carbons (Fsp3) is 0.522. The summed E-state index contributed by atoms with van der Waals surface area (Å²) in [5.41, 5.74) is 2.51.